The Morgan fingerprint density at radius 1 is 0.571 bits per heavy atom. The minimum atomic E-state index is 0. The Morgan fingerprint density at radius 3 is 2.10 bits per heavy atom. The molecule has 0 atom stereocenters. The van der Waals surface area contributed by atoms with Crippen LogP contribution in [0.2, 0.25) is 0 Å². The average Bonchev–Trinajstić information content (AvgIpc) is 2.53. The molecule has 5 aromatic carbocycles. The van der Waals surface area contributed by atoms with Crippen molar-refractivity contribution in [1.82, 2.24) is 0 Å². The molecule has 1 radical (unpaired) electrons. The predicted molar refractivity (Wildman–Crippen MR) is 86.5 cm³/mol. The minimum Gasteiger partial charge on any atom is -0.146 e. The fourth-order valence-corrected chi connectivity index (χ4v) is 3.48. The molecule has 0 aliphatic heterocycles. The normalized spacial score (nSPS) is 11.4. The fourth-order valence-electron chi connectivity index (χ4n) is 3.48. The van der Waals surface area contributed by atoms with E-state index < -0.39 is 0 Å². The molecule has 95 valence electrons. The van der Waals surface area contributed by atoms with Gasteiger partial charge in [0, 0.05) is 32.7 Å². The Bertz CT molecular complexity index is 1000. The zero-order chi connectivity index (χ0) is 13.1. The summed E-state index contributed by atoms with van der Waals surface area (Å²) in [6.07, 6.45) is 0. The summed E-state index contributed by atoms with van der Waals surface area (Å²) in [6, 6.07) is 27.3. The molecular formula is C20H11Y-. The van der Waals surface area contributed by atoms with Crippen molar-refractivity contribution in [1.29, 1.82) is 0 Å². The Labute approximate surface area is 148 Å². The van der Waals surface area contributed by atoms with E-state index in [1.54, 1.807) is 0 Å². The van der Waals surface area contributed by atoms with Crippen LogP contribution < -0.4 is 0 Å². The SMILES string of the molecule is [Y].[c-]1ccc2c3ccccc3c3cccc4ccc1c2c43. The standard InChI is InChI=1S/C20H11.Y/c1-2-8-16-15(7-1)17-9-3-5-13-11-12-14-6-4-10-18(16)20(14)19(13)17;/h1-5,7-12H;/q-1;. The monoisotopic (exact) mass is 340 g/mol. The van der Waals surface area contributed by atoms with Crippen molar-refractivity contribution in [3.8, 4) is 0 Å². The maximum absolute atomic E-state index is 3.38. The van der Waals surface area contributed by atoms with E-state index in [4.69, 9.17) is 0 Å². The Kier molecular flexibility index (Phi) is 2.99. The summed E-state index contributed by atoms with van der Waals surface area (Å²) in [4.78, 5) is 0. The maximum atomic E-state index is 3.38. The van der Waals surface area contributed by atoms with Gasteiger partial charge in [-0.05, 0) is 26.9 Å². The number of hydrogen-bond acceptors (Lipinski definition) is 0. The van der Waals surface area contributed by atoms with Gasteiger partial charge in [-0.25, -0.2) is 0 Å². The van der Waals surface area contributed by atoms with Gasteiger partial charge < -0.3 is 0 Å². The van der Waals surface area contributed by atoms with Gasteiger partial charge in [-0.1, -0.05) is 59.3 Å². The van der Waals surface area contributed by atoms with Crippen LogP contribution in [0.1, 0.15) is 0 Å². The molecule has 21 heavy (non-hydrogen) atoms. The predicted octanol–water partition coefficient (Wildman–Crippen LogP) is 5.53. The van der Waals surface area contributed by atoms with Crippen LogP contribution >= 0.6 is 0 Å². The summed E-state index contributed by atoms with van der Waals surface area (Å²) in [7, 11) is 0. The Morgan fingerprint density at radius 2 is 1.29 bits per heavy atom. The first-order valence-corrected chi connectivity index (χ1v) is 6.89. The molecule has 0 saturated carbocycles. The molecule has 0 aliphatic rings. The number of fused-ring (bicyclic) bond motifs is 3. The first kappa shape index (κ1) is 13.2. The molecule has 0 saturated heterocycles. The smallest absolute Gasteiger partial charge is 0 e. The van der Waals surface area contributed by atoms with Crippen LogP contribution in [-0.4, -0.2) is 0 Å². The van der Waals surface area contributed by atoms with Crippen LogP contribution in [0.25, 0.3) is 43.1 Å². The second-order valence-corrected chi connectivity index (χ2v) is 5.33. The van der Waals surface area contributed by atoms with Crippen molar-refractivity contribution < 1.29 is 32.7 Å². The van der Waals surface area contributed by atoms with Gasteiger partial charge in [0.25, 0.3) is 0 Å². The molecule has 0 aromatic heterocycles. The molecule has 1 heteroatoms. The third kappa shape index (κ3) is 1.70. The van der Waals surface area contributed by atoms with Crippen molar-refractivity contribution >= 4 is 43.1 Å². The van der Waals surface area contributed by atoms with E-state index in [1.165, 1.54) is 43.1 Å². The van der Waals surface area contributed by atoms with E-state index in [9.17, 15) is 0 Å². The van der Waals surface area contributed by atoms with E-state index in [0.29, 0.717) is 0 Å². The van der Waals surface area contributed by atoms with Crippen LogP contribution in [0.15, 0.2) is 66.7 Å². The second kappa shape index (κ2) is 4.76. The van der Waals surface area contributed by atoms with Crippen LogP contribution in [0.4, 0.5) is 0 Å². The summed E-state index contributed by atoms with van der Waals surface area (Å²) in [5.41, 5.74) is 0. The molecule has 0 spiro atoms. The number of hydrogen-bond donors (Lipinski definition) is 0. The first-order valence-electron chi connectivity index (χ1n) is 6.89. The van der Waals surface area contributed by atoms with Gasteiger partial charge in [0.2, 0.25) is 0 Å². The van der Waals surface area contributed by atoms with E-state index in [2.05, 4.69) is 66.7 Å². The first-order chi connectivity index (χ1) is 9.93. The van der Waals surface area contributed by atoms with E-state index in [1.807, 2.05) is 6.07 Å². The van der Waals surface area contributed by atoms with Crippen molar-refractivity contribution in [2.24, 2.45) is 0 Å². The van der Waals surface area contributed by atoms with Gasteiger partial charge in [-0.15, -0.1) is 29.7 Å². The van der Waals surface area contributed by atoms with Crippen LogP contribution in [0.5, 0.6) is 0 Å². The van der Waals surface area contributed by atoms with E-state index >= 15 is 0 Å². The molecule has 5 rings (SSSR count). The van der Waals surface area contributed by atoms with Crippen LogP contribution in [0, 0.1) is 6.07 Å². The quantitative estimate of drug-likeness (QED) is 0.197. The van der Waals surface area contributed by atoms with Gasteiger partial charge in [0.1, 0.15) is 0 Å². The molecule has 0 heterocycles. The summed E-state index contributed by atoms with van der Waals surface area (Å²) in [5, 5.41) is 10.6. The van der Waals surface area contributed by atoms with Crippen LogP contribution in [-0.2, 0) is 32.7 Å². The molecule has 0 N–H and O–H groups in total. The van der Waals surface area contributed by atoms with Gasteiger partial charge in [0.05, 0.1) is 0 Å². The molecule has 0 aliphatic carbocycles. The van der Waals surface area contributed by atoms with E-state index in [-0.39, 0.29) is 32.7 Å². The summed E-state index contributed by atoms with van der Waals surface area (Å²) >= 11 is 0. The van der Waals surface area contributed by atoms with Crippen LogP contribution in [0.3, 0.4) is 0 Å². The molecule has 0 fully saturated rings. The zero-order valence-electron chi connectivity index (χ0n) is 11.4. The summed E-state index contributed by atoms with van der Waals surface area (Å²) < 4.78 is 0. The Balaban J connectivity index is 0.00000115. The number of rotatable bonds is 0. The number of benzene rings is 5. The average molecular weight is 340 g/mol. The fraction of sp³-hybridized carbons (Fsp3) is 0. The van der Waals surface area contributed by atoms with Gasteiger partial charge in [0.15, 0.2) is 0 Å². The minimum absolute atomic E-state index is 0. The Hall–Kier alpha value is -1.50. The van der Waals surface area contributed by atoms with Gasteiger partial charge in [-0.2, -0.15) is 0 Å². The van der Waals surface area contributed by atoms with Gasteiger partial charge in [-0.3, -0.25) is 0 Å². The topological polar surface area (TPSA) is 0 Å². The third-order valence-electron chi connectivity index (χ3n) is 4.31. The molecule has 5 aromatic rings. The second-order valence-electron chi connectivity index (χ2n) is 5.33. The molecule has 0 amide bonds. The summed E-state index contributed by atoms with van der Waals surface area (Å²) in [5.74, 6) is 0. The van der Waals surface area contributed by atoms with Crippen molar-refractivity contribution in [2.75, 3.05) is 0 Å². The van der Waals surface area contributed by atoms with Crippen molar-refractivity contribution in [2.45, 2.75) is 0 Å². The van der Waals surface area contributed by atoms with E-state index in [0.717, 1.165) is 0 Å². The van der Waals surface area contributed by atoms with Crippen molar-refractivity contribution in [3.05, 3.63) is 72.8 Å². The third-order valence-corrected chi connectivity index (χ3v) is 4.31. The largest absolute Gasteiger partial charge is 0.146 e. The maximum Gasteiger partial charge on any atom is 0 e. The molecule has 0 unspecified atom stereocenters. The summed E-state index contributed by atoms with van der Waals surface area (Å²) in [6.45, 7) is 0. The molecular weight excluding hydrogens is 329 g/mol. The molecule has 0 bridgehead atoms. The molecule has 0 nitrogen and oxygen atoms in total. The van der Waals surface area contributed by atoms with Crippen molar-refractivity contribution in [3.63, 3.8) is 0 Å². The zero-order valence-corrected chi connectivity index (χ0v) is 14.3. The van der Waals surface area contributed by atoms with Gasteiger partial charge >= 0.3 is 0 Å².